The van der Waals surface area contributed by atoms with Gasteiger partial charge in [-0.15, -0.1) is 11.3 Å². The molecule has 0 atom stereocenters. The number of aryl methyl sites for hydroxylation is 1. The molecule has 2 aromatic heterocycles. The monoisotopic (exact) mass is 288 g/mol. The van der Waals surface area contributed by atoms with Crippen LogP contribution in [0.2, 0.25) is 0 Å². The smallest absolute Gasteiger partial charge is 0.347 e. The summed E-state index contributed by atoms with van der Waals surface area (Å²) < 4.78 is 30.8. The average molecular weight is 288 g/mol. The number of sulfonamides is 1. The number of aromatic nitrogens is 1. The molecule has 0 spiro atoms. The Morgan fingerprint density at radius 3 is 2.83 bits per heavy atom. The van der Waals surface area contributed by atoms with Gasteiger partial charge >= 0.3 is 12.0 Å². The minimum atomic E-state index is -4.01. The highest BCUT2D eigenvalue weighted by Gasteiger charge is 2.25. The molecular weight excluding hydrogens is 280 g/mol. The van der Waals surface area contributed by atoms with Crippen molar-refractivity contribution in [1.29, 1.82) is 0 Å². The molecule has 0 bridgehead atoms. The summed E-state index contributed by atoms with van der Waals surface area (Å²) in [5, 5.41) is 10.3. The highest BCUT2D eigenvalue weighted by molar-refractivity contribution is 7.93. The van der Waals surface area contributed by atoms with E-state index in [0.717, 1.165) is 11.3 Å². The van der Waals surface area contributed by atoms with Crippen LogP contribution in [0.1, 0.15) is 15.4 Å². The zero-order chi connectivity index (χ0) is 13.3. The minimum Gasteiger partial charge on any atom is -0.477 e. The van der Waals surface area contributed by atoms with Gasteiger partial charge in [0, 0.05) is 0 Å². The molecule has 2 aromatic rings. The number of carboxylic acid groups (broad SMARTS) is 1. The van der Waals surface area contributed by atoms with Crippen LogP contribution in [-0.4, -0.2) is 24.5 Å². The second-order valence-electron chi connectivity index (χ2n) is 3.32. The SMILES string of the molecule is Cc1coc(NS(=O)(=O)c2ccsc2C(=O)O)n1. The number of hydrogen-bond donors (Lipinski definition) is 2. The third kappa shape index (κ3) is 2.36. The fourth-order valence-electron chi connectivity index (χ4n) is 1.24. The molecule has 18 heavy (non-hydrogen) atoms. The van der Waals surface area contributed by atoms with Crippen LogP contribution in [0.15, 0.2) is 27.0 Å². The number of anilines is 1. The van der Waals surface area contributed by atoms with Crippen LogP contribution in [0.3, 0.4) is 0 Å². The molecule has 2 heterocycles. The Bertz CT molecular complexity index is 685. The quantitative estimate of drug-likeness (QED) is 0.883. The summed E-state index contributed by atoms with van der Waals surface area (Å²) >= 11 is 0.831. The van der Waals surface area contributed by atoms with Crippen molar-refractivity contribution in [3.8, 4) is 0 Å². The summed E-state index contributed by atoms with van der Waals surface area (Å²) in [5.41, 5.74) is 0.511. The first-order chi connectivity index (χ1) is 8.40. The van der Waals surface area contributed by atoms with Crippen LogP contribution < -0.4 is 4.72 Å². The second kappa shape index (κ2) is 4.42. The van der Waals surface area contributed by atoms with Gasteiger partial charge in [0.1, 0.15) is 16.0 Å². The van der Waals surface area contributed by atoms with Gasteiger partial charge in [0.2, 0.25) is 0 Å². The average Bonchev–Trinajstić information content (AvgIpc) is 2.86. The molecule has 2 rings (SSSR count). The van der Waals surface area contributed by atoms with Gasteiger partial charge in [-0.3, -0.25) is 0 Å². The van der Waals surface area contributed by atoms with Crippen molar-refractivity contribution in [3.63, 3.8) is 0 Å². The number of carbonyl (C=O) groups is 1. The van der Waals surface area contributed by atoms with Crippen LogP contribution in [0, 0.1) is 6.92 Å². The Kier molecular flexibility index (Phi) is 3.09. The summed E-state index contributed by atoms with van der Waals surface area (Å²) in [7, 11) is -4.01. The Morgan fingerprint density at radius 2 is 2.28 bits per heavy atom. The number of aromatic carboxylic acids is 1. The van der Waals surface area contributed by atoms with Gasteiger partial charge in [-0.25, -0.2) is 17.9 Å². The summed E-state index contributed by atoms with van der Waals surface area (Å²) in [4.78, 5) is 14.1. The first-order valence-corrected chi connectivity index (χ1v) is 7.02. The lowest BCUT2D eigenvalue weighted by atomic mass is 10.5. The molecule has 0 saturated heterocycles. The normalized spacial score (nSPS) is 11.4. The van der Waals surface area contributed by atoms with E-state index in [1.807, 2.05) is 0 Å². The van der Waals surface area contributed by atoms with Crippen molar-refractivity contribution in [1.82, 2.24) is 4.98 Å². The molecule has 0 aliphatic heterocycles. The number of carboxylic acids is 1. The molecule has 0 radical (unpaired) electrons. The molecule has 9 heteroatoms. The van der Waals surface area contributed by atoms with E-state index in [9.17, 15) is 13.2 Å². The lowest BCUT2D eigenvalue weighted by molar-refractivity contribution is 0.0698. The van der Waals surface area contributed by atoms with E-state index in [-0.39, 0.29) is 15.8 Å². The van der Waals surface area contributed by atoms with Gasteiger partial charge in [-0.1, -0.05) is 0 Å². The summed E-state index contributed by atoms with van der Waals surface area (Å²) in [6.07, 6.45) is 1.28. The Labute approximate surface area is 106 Å². The fourth-order valence-corrected chi connectivity index (χ4v) is 3.43. The fraction of sp³-hybridized carbons (Fsp3) is 0.111. The van der Waals surface area contributed by atoms with Crippen molar-refractivity contribution >= 4 is 33.3 Å². The van der Waals surface area contributed by atoms with Gasteiger partial charge in [-0.2, -0.15) is 4.98 Å². The van der Waals surface area contributed by atoms with Crippen molar-refractivity contribution in [3.05, 3.63) is 28.3 Å². The molecule has 0 aliphatic carbocycles. The number of rotatable bonds is 4. The van der Waals surface area contributed by atoms with Crippen molar-refractivity contribution in [2.24, 2.45) is 0 Å². The number of nitrogens with one attached hydrogen (secondary N) is 1. The highest BCUT2D eigenvalue weighted by Crippen LogP contribution is 2.24. The predicted molar refractivity (Wildman–Crippen MR) is 63.3 cm³/mol. The van der Waals surface area contributed by atoms with Gasteiger partial charge in [0.15, 0.2) is 0 Å². The lowest BCUT2D eigenvalue weighted by Gasteiger charge is -2.03. The minimum absolute atomic E-state index is 0.199. The first kappa shape index (κ1) is 12.6. The molecule has 96 valence electrons. The molecule has 0 saturated carbocycles. The third-order valence-electron chi connectivity index (χ3n) is 1.95. The first-order valence-electron chi connectivity index (χ1n) is 4.66. The number of oxazole rings is 1. The summed E-state index contributed by atoms with van der Waals surface area (Å²) in [5.74, 6) is -1.30. The van der Waals surface area contributed by atoms with Gasteiger partial charge in [0.05, 0.1) is 5.69 Å². The zero-order valence-corrected chi connectivity index (χ0v) is 10.7. The maximum Gasteiger partial charge on any atom is 0.347 e. The second-order valence-corrected chi connectivity index (χ2v) is 5.89. The number of hydrogen-bond acceptors (Lipinski definition) is 6. The highest BCUT2D eigenvalue weighted by atomic mass is 32.2. The van der Waals surface area contributed by atoms with Crippen molar-refractivity contribution < 1.29 is 22.7 Å². The Hall–Kier alpha value is -1.87. The van der Waals surface area contributed by atoms with Gasteiger partial charge in [0.25, 0.3) is 10.0 Å². The topological polar surface area (TPSA) is 110 Å². The molecule has 0 fully saturated rings. The van der Waals surface area contributed by atoms with Crippen LogP contribution in [0.5, 0.6) is 0 Å². The van der Waals surface area contributed by atoms with Gasteiger partial charge < -0.3 is 9.52 Å². The van der Waals surface area contributed by atoms with E-state index in [2.05, 4.69) is 9.71 Å². The van der Waals surface area contributed by atoms with E-state index < -0.39 is 16.0 Å². The predicted octanol–water partition coefficient (Wildman–Crippen LogP) is 1.54. The lowest BCUT2D eigenvalue weighted by Crippen LogP contribution is -2.15. The molecule has 7 nitrogen and oxygen atoms in total. The Balaban J connectivity index is 2.37. The number of thiophene rings is 1. The van der Waals surface area contributed by atoms with Crippen LogP contribution >= 0.6 is 11.3 Å². The van der Waals surface area contributed by atoms with E-state index in [4.69, 9.17) is 9.52 Å². The third-order valence-corrected chi connectivity index (χ3v) is 4.35. The van der Waals surface area contributed by atoms with Crippen molar-refractivity contribution in [2.45, 2.75) is 11.8 Å². The van der Waals surface area contributed by atoms with E-state index in [1.54, 1.807) is 6.92 Å². The number of nitrogens with zero attached hydrogens (tertiary/aromatic N) is 1. The zero-order valence-electron chi connectivity index (χ0n) is 9.08. The molecular formula is C9H8N2O5S2. The maximum atomic E-state index is 11.9. The van der Waals surface area contributed by atoms with Crippen LogP contribution in [0.4, 0.5) is 6.01 Å². The molecule has 0 aromatic carbocycles. The van der Waals surface area contributed by atoms with Crippen LogP contribution in [0.25, 0.3) is 0 Å². The standard InChI is InChI=1S/C9H8N2O5S2/c1-5-4-16-9(10-5)11-18(14,15)6-2-3-17-7(6)8(12)13/h2-4H,1H3,(H,10,11)(H,12,13). The van der Waals surface area contributed by atoms with Gasteiger partial charge in [-0.05, 0) is 18.4 Å². The maximum absolute atomic E-state index is 11.9. The molecule has 0 unspecified atom stereocenters. The molecule has 0 amide bonds. The van der Waals surface area contributed by atoms with Crippen LogP contribution in [-0.2, 0) is 10.0 Å². The van der Waals surface area contributed by atoms with E-state index in [1.165, 1.54) is 17.7 Å². The summed E-state index contributed by atoms with van der Waals surface area (Å²) in [6, 6.07) is 1.02. The molecule has 0 aliphatic rings. The van der Waals surface area contributed by atoms with E-state index >= 15 is 0 Å². The summed E-state index contributed by atoms with van der Waals surface area (Å²) in [6.45, 7) is 1.63. The largest absolute Gasteiger partial charge is 0.477 e. The Morgan fingerprint density at radius 1 is 1.56 bits per heavy atom. The van der Waals surface area contributed by atoms with Crippen molar-refractivity contribution in [2.75, 3.05) is 4.72 Å². The van der Waals surface area contributed by atoms with E-state index in [0.29, 0.717) is 5.69 Å². The molecule has 2 N–H and O–H groups in total.